The summed E-state index contributed by atoms with van der Waals surface area (Å²) in [6, 6.07) is 20.6. The van der Waals surface area contributed by atoms with Gasteiger partial charge < -0.3 is 10.4 Å². The van der Waals surface area contributed by atoms with Crippen molar-refractivity contribution in [2.75, 3.05) is 5.32 Å². The Hall–Kier alpha value is -4.00. The number of hydrogen-bond acceptors (Lipinski definition) is 4. The van der Waals surface area contributed by atoms with Crippen LogP contribution in [0.15, 0.2) is 79.0 Å². The van der Waals surface area contributed by atoms with Crippen LogP contribution in [0.1, 0.15) is 15.9 Å². The van der Waals surface area contributed by atoms with E-state index in [9.17, 15) is 14.3 Å². The Kier molecular flexibility index (Phi) is 5.03. The average molecular weight is 388 g/mol. The molecule has 4 aromatic rings. The van der Waals surface area contributed by atoms with Crippen molar-refractivity contribution in [2.24, 2.45) is 0 Å². The van der Waals surface area contributed by atoms with Crippen molar-refractivity contribution in [3.63, 3.8) is 0 Å². The number of aromatic hydroxyl groups is 1. The first-order valence-corrected chi connectivity index (χ1v) is 8.93. The molecule has 6 nitrogen and oxygen atoms in total. The molecular formula is C22H17FN4O2. The zero-order chi connectivity index (χ0) is 20.2. The van der Waals surface area contributed by atoms with Crippen LogP contribution in [0.2, 0.25) is 0 Å². The topological polar surface area (TPSA) is 80.0 Å². The van der Waals surface area contributed by atoms with Crippen molar-refractivity contribution in [3.05, 3.63) is 95.9 Å². The van der Waals surface area contributed by atoms with Crippen LogP contribution in [0, 0.1) is 5.82 Å². The summed E-state index contributed by atoms with van der Waals surface area (Å²) >= 11 is 0. The summed E-state index contributed by atoms with van der Waals surface area (Å²) in [5, 5.41) is 20.7. The quantitative estimate of drug-likeness (QED) is 0.540. The Bertz CT molecular complexity index is 1140. The maximum Gasteiger partial charge on any atom is 0.262 e. The van der Waals surface area contributed by atoms with E-state index in [1.807, 2.05) is 42.6 Å². The number of anilines is 1. The fraction of sp³-hybridized carbons (Fsp3) is 0.0455. The van der Waals surface area contributed by atoms with E-state index in [1.165, 1.54) is 12.1 Å². The fourth-order valence-electron chi connectivity index (χ4n) is 2.97. The van der Waals surface area contributed by atoms with E-state index in [2.05, 4.69) is 15.6 Å². The first-order valence-electron chi connectivity index (χ1n) is 8.93. The molecule has 1 aromatic heterocycles. The molecule has 7 heteroatoms. The van der Waals surface area contributed by atoms with Gasteiger partial charge in [0, 0.05) is 11.3 Å². The number of rotatable bonds is 5. The zero-order valence-corrected chi connectivity index (χ0v) is 15.3. The molecule has 0 bridgehead atoms. The van der Waals surface area contributed by atoms with Crippen molar-refractivity contribution >= 4 is 11.6 Å². The summed E-state index contributed by atoms with van der Waals surface area (Å²) in [7, 11) is 0. The van der Waals surface area contributed by atoms with E-state index in [-0.39, 0.29) is 0 Å². The molecule has 1 amide bonds. The molecule has 0 unspecified atom stereocenters. The number of nitrogens with one attached hydrogen (secondary N) is 1. The Labute approximate surface area is 166 Å². The lowest BCUT2D eigenvalue weighted by Crippen LogP contribution is -2.14. The predicted molar refractivity (Wildman–Crippen MR) is 107 cm³/mol. The van der Waals surface area contributed by atoms with Gasteiger partial charge in [0.25, 0.3) is 5.91 Å². The van der Waals surface area contributed by atoms with Crippen LogP contribution in [0.5, 0.6) is 5.75 Å². The number of benzene rings is 3. The van der Waals surface area contributed by atoms with Crippen LogP contribution in [-0.4, -0.2) is 26.0 Å². The molecule has 0 aliphatic carbocycles. The minimum absolute atomic E-state index is 0.397. The van der Waals surface area contributed by atoms with Crippen molar-refractivity contribution in [1.82, 2.24) is 15.0 Å². The van der Waals surface area contributed by atoms with Crippen molar-refractivity contribution in [3.8, 4) is 17.0 Å². The maximum atomic E-state index is 13.9. The van der Waals surface area contributed by atoms with Gasteiger partial charge in [-0.15, -0.1) is 5.10 Å². The van der Waals surface area contributed by atoms with Gasteiger partial charge in [0.15, 0.2) is 0 Å². The molecule has 0 fully saturated rings. The molecule has 4 rings (SSSR count). The molecule has 0 aliphatic heterocycles. The second-order valence-corrected chi connectivity index (χ2v) is 6.46. The van der Waals surface area contributed by atoms with Gasteiger partial charge in [0.05, 0.1) is 12.7 Å². The molecule has 144 valence electrons. The molecule has 0 spiro atoms. The summed E-state index contributed by atoms with van der Waals surface area (Å²) < 4.78 is 15.6. The third kappa shape index (κ3) is 4.14. The van der Waals surface area contributed by atoms with E-state index in [1.54, 1.807) is 22.9 Å². The van der Waals surface area contributed by atoms with Gasteiger partial charge in [-0.2, -0.15) is 0 Å². The molecule has 0 atom stereocenters. The second kappa shape index (κ2) is 7.93. The molecule has 0 radical (unpaired) electrons. The zero-order valence-electron chi connectivity index (χ0n) is 15.3. The van der Waals surface area contributed by atoms with E-state index >= 15 is 0 Å². The highest BCUT2D eigenvalue weighted by Gasteiger charge is 2.17. The lowest BCUT2D eigenvalue weighted by molar-refractivity contribution is 0.102. The number of nitrogens with zero attached hydrogens (tertiary/aromatic N) is 3. The Morgan fingerprint density at radius 1 is 1.03 bits per heavy atom. The minimum Gasteiger partial charge on any atom is -0.507 e. The van der Waals surface area contributed by atoms with Crippen molar-refractivity contribution in [2.45, 2.75) is 6.54 Å². The summed E-state index contributed by atoms with van der Waals surface area (Å²) in [5.74, 6) is -1.93. The third-order valence-corrected chi connectivity index (χ3v) is 4.36. The number of carbonyl (C=O) groups excluding carboxylic acids is 1. The maximum absolute atomic E-state index is 13.9. The summed E-state index contributed by atoms with van der Waals surface area (Å²) in [6.07, 6.45) is 1.82. The van der Waals surface area contributed by atoms with Crippen LogP contribution >= 0.6 is 0 Å². The standard InChI is InChI=1S/C22H17FN4O2/c23-18-10-5-11-20(28)21(18)22(29)24-17-9-4-8-16(12-17)19-14-27(26-25-19)13-15-6-2-1-3-7-15/h1-12,14,28H,13H2,(H,24,29). The van der Waals surface area contributed by atoms with Crippen LogP contribution < -0.4 is 5.32 Å². The molecule has 1 heterocycles. The summed E-state index contributed by atoms with van der Waals surface area (Å²) in [5.41, 5.74) is 2.56. The van der Waals surface area contributed by atoms with Gasteiger partial charge >= 0.3 is 0 Å². The number of phenolic OH excluding ortho intramolecular Hbond substituents is 1. The number of phenols is 1. The Morgan fingerprint density at radius 2 is 1.83 bits per heavy atom. The lowest BCUT2D eigenvalue weighted by atomic mass is 10.1. The highest BCUT2D eigenvalue weighted by Crippen LogP contribution is 2.24. The first-order chi connectivity index (χ1) is 14.1. The number of aromatic nitrogens is 3. The van der Waals surface area contributed by atoms with E-state index in [0.717, 1.165) is 17.2 Å². The normalized spacial score (nSPS) is 10.7. The van der Waals surface area contributed by atoms with E-state index in [4.69, 9.17) is 0 Å². The summed E-state index contributed by atoms with van der Waals surface area (Å²) in [6.45, 7) is 0.594. The van der Waals surface area contributed by atoms with Gasteiger partial charge in [0.2, 0.25) is 0 Å². The number of amides is 1. The molecule has 0 saturated heterocycles. The summed E-state index contributed by atoms with van der Waals surface area (Å²) in [4.78, 5) is 12.4. The van der Waals surface area contributed by atoms with Crippen LogP contribution in [0.3, 0.4) is 0 Å². The van der Waals surface area contributed by atoms with Crippen molar-refractivity contribution < 1.29 is 14.3 Å². The monoisotopic (exact) mass is 388 g/mol. The molecular weight excluding hydrogens is 371 g/mol. The van der Waals surface area contributed by atoms with Gasteiger partial charge in [-0.1, -0.05) is 53.7 Å². The fourth-order valence-corrected chi connectivity index (χ4v) is 2.97. The van der Waals surface area contributed by atoms with E-state index < -0.39 is 23.0 Å². The van der Waals surface area contributed by atoms with Crippen LogP contribution in [0.25, 0.3) is 11.3 Å². The first kappa shape index (κ1) is 18.4. The molecule has 0 saturated carbocycles. The van der Waals surface area contributed by atoms with E-state index in [0.29, 0.717) is 17.9 Å². The lowest BCUT2D eigenvalue weighted by Gasteiger charge is -2.08. The SMILES string of the molecule is O=C(Nc1cccc(-c2cn(Cc3ccccc3)nn2)c1)c1c(O)cccc1F. The second-order valence-electron chi connectivity index (χ2n) is 6.46. The van der Waals surface area contributed by atoms with Gasteiger partial charge in [-0.3, -0.25) is 4.79 Å². The van der Waals surface area contributed by atoms with Gasteiger partial charge in [-0.25, -0.2) is 9.07 Å². The molecule has 3 aromatic carbocycles. The number of hydrogen-bond donors (Lipinski definition) is 2. The van der Waals surface area contributed by atoms with Gasteiger partial charge in [-0.05, 0) is 29.8 Å². The number of carbonyl (C=O) groups is 1. The molecule has 2 N–H and O–H groups in total. The predicted octanol–water partition coefficient (Wildman–Crippen LogP) is 4.09. The van der Waals surface area contributed by atoms with Gasteiger partial charge in [0.1, 0.15) is 22.8 Å². The smallest absolute Gasteiger partial charge is 0.262 e. The highest BCUT2D eigenvalue weighted by atomic mass is 19.1. The molecule has 29 heavy (non-hydrogen) atoms. The highest BCUT2D eigenvalue weighted by molar-refractivity contribution is 6.06. The Balaban J connectivity index is 1.53. The Morgan fingerprint density at radius 3 is 2.62 bits per heavy atom. The largest absolute Gasteiger partial charge is 0.507 e. The minimum atomic E-state index is -0.789. The average Bonchev–Trinajstić information content (AvgIpc) is 3.17. The van der Waals surface area contributed by atoms with Crippen molar-refractivity contribution in [1.29, 1.82) is 0 Å². The number of halogens is 1. The third-order valence-electron chi connectivity index (χ3n) is 4.36. The van der Waals surface area contributed by atoms with Crippen LogP contribution in [0.4, 0.5) is 10.1 Å². The molecule has 0 aliphatic rings. The van der Waals surface area contributed by atoms with Crippen LogP contribution in [-0.2, 0) is 6.54 Å².